The van der Waals surface area contributed by atoms with Crippen LogP contribution in [0, 0.1) is 34.6 Å². The number of hydrogen-bond donors (Lipinski definition) is 0. The van der Waals surface area contributed by atoms with E-state index in [-0.39, 0.29) is 46.5 Å². The van der Waals surface area contributed by atoms with E-state index in [4.69, 9.17) is 0 Å². The van der Waals surface area contributed by atoms with E-state index in [0.717, 1.165) is 19.9 Å². The van der Waals surface area contributed by atoms with Gasteiger partial charge in [-0.1, -0.05) is 55.4 Å². The van der Waals surface area contributed by atoms with Crippen LogP contribution in [0.2, 0.25) is 0 Å². The first-order valence-electron chi connectivity index (χ1n) is 6.92. The molecular weight excluding hydrogens is 354 g/mol. The number of aryl methyl sites for hydroxylation is 2. The van der Waals surface area contributed by atoms with Crippen molar-refractivity contribution < 1.29 is 46.5 Å². The topological polar surface area (TPSA) is 0 Å². The Labute approximate surface area is 163 Å². The molecule has 1 aromatic carbocycles. The van der Waals surface area contributed by atoms with Crippen molar-refractivity contribution in [2.75, 3.05) is 0 Å². The fourth-order valence-electron chi connectivity index (χ4n) is 1.80. The average Bonchev–Trinajstić information content (AvgIpc) is 2.47. The third-order valence-corrected chi connectivity index (χ3v) is 4.18. The van der Waals surface area contributed by atoms with Crippen LogP contribution in [0.4, 0.5) is 0 Å². The van der Waals surface area contributed by atoms with E-state index in [2.05, 4.69) is 68.4 Å². The van der Waals surface area contributed by atoms with Crippen molar-refractivity contribution >= 4 is 8.58 Å². The molecule has 0 radical (unpaired) electrons. The van der Waals surface area contributed by atoms with Gasteiger partial charge in [0.2, 0.25) is 0 Å². The van der Waals surface area contributed by atoms with E-state index < -0.39 is 0 Å². The Bertz CT molecular complexity index is 292. The summed E-state index contributed by atoms with van der Waals surface area (Å²) in [6.45, 7) is 22.8. The number of rotatable bonds is 2. The average molecular weight is 387 g/mol. The fraction of sp³-hybridized carbons (Fsp3) is 0.647. The maximum Gasteiger partial charge on any atom is 4.00 e. The van der Waals surface area contributed by atoms with Gasteiger partial charge in [-0.3, -0.25) is 0 Å². The zero-order valence-corrected chi connectivity index (χ0v) is 19.3. The second-order valence-electron chi connectivity index (χ2n) is 5.24. The van der Waals surface area contributed by atoms with Crippen LogP contribution in [0.3, 0.4) is 0 Å². The van der Waals surface area contributed by atoms with Crippen LogP contribution in [0.15, 0.2) is 6.07 Å². The molecule has 0 saturated carbocycles. The van der Waals surface area contributed by atoms with Gasteiger partial charge >= 0.3 is 21.7 Å². The predicted octanol–water partition coefficient (Wildman–Crippen LogP) is -0.0332. The third-order valence-electron chi connectivity index (χ3n) is 2.85. The number of halogens is 2. The molecule has 124 valence electrons. The number of hydrogen-bond acceptors (Lipinski definition) is 0. The standard InChI is InChI=1S/C9H13.C6H15P.C2H5.2ClH.Ti/c1-6-5-7(2)9(4)8(6)3;1-5(2)7-6(3)4;1-2;;;/h5H,1-4H3;5-7H,1-4H3;1H2,2H3;2*1H;/q-1;;-1;;;+4/p-2. The van der Waals surface area contributed by atoms with Crippen molar-refractivity contribution in [1.82, 2.24) is 0 Å². The molecule has 0 fully saturated rings. The van der Waals surface area contributed by atoms with Gasteiger partial charge in [-0.25, -0.2) is 0 Å². The van der Waals surface area contributed by atoms with Gasteiger partial charge < -0.3 is 31.7 Å². The van der Waals surface area contributed by atoms with Crippen LogP contribution in [-0.2, 0) is 21.7 Å². The van der Waals surface area contributed by atoms with E-state index in [1.807, 2.05) is 0 Å². The van der Waals surface area contributed by atoms with Crippen LogP contribution in [0.25, 0.3) is 0 Å². The van der Waals surface area contributed by atoms with Crippen LogP contribution < -0.4 is 24.8 Å². The van der Waals surface area contributed by atoms with Gasteiger partial charge in [0.05, 0.1) is 0 Å². The maximum atomic E-state index is 3.25. The molecule has 0 nitrogen and oxygen atoms in total. The van der Waals surface area contributed by atoms with Gasteiger partial charge in [0.15, 0.2) is 0 Å². The van der Waals surface area contributed by atoms with Crippen molar-refractivity contribution in [3.8, 4) is 0 Å². The van der Waals surface area contributed by atoms with Crippen LogP contribution in [0.5, 0.6) is 0 Å². The molecule has 0 amide bonds. The molecule has 0 aliphatic carbocycles. The summed E-state index contributed by atoms with van der Waals surface area (Å²) in [6, 6.07) is 2.24. The van der Waals surface area contributed by atoms with E-state index in [9.17, 15) is 0 Å². The SMILES string of the molecule is CC(C)PC(C)C.Cc1[cH-]c(C)c(C)c1C.[CH2-]C.[Cl-].[Cl-].[Ti+4]. The van der Waals surface area contributed by atoms with Gasteiger partial charge in [0, 0.05) is 0 Å². The van der Waals surface area contributed by atoms with Crippen LogP contribution in [0.1, 0.15) is 56.9 Å². The first-order valence-corrected chi connectivity index (χ1v) is 8.08. The smallest absolute Gasteiger partial charge is 1.00 e. The summed E-state index contributed by atoms with van der Waals surface area (Å²) in [4.78, 5) is 0. The monoisotopic (exact) mass is 386 g/mol. The Morgan fingerprint density at radius 1 is 0.762 bits per heavy atom. The molecule has 0 saturated heterocycles. The van der Waals surface area contributed by atoms with Gasteiger partial charge in [0.1, 0.15) is 0 Å². The summed E-state index contributed by atoms with van der Waals surface area (Å²) in [5.74, 6) is 0. The van der Waals surface area contributed by atoms with Crippen molar-refractivity contribution in [1.29, 1.82) is 0 Å². The molecule has 21 heavy (non-hydrogen) atoms. The second kappa shape index (κ2) is 19.1. The van der Waals surface area contributed by atoms with Gasteiger partial charge in [-0.05, 0) is 11.3 Å². The Morgan fingerprint density at radius 2 is 1.00 bits per heavy atom. The molecule has 0 atom stereocenters. The molecule has 1 aromatic rings. The second-order valence-corrected chi connectivity index (χ2v) is 7.88. The molecule has 0 spiro atoms. The molecule has 1 rings (SSSR count). The molecule has 0 aliphatic heterocycles. The largest absolute Gasteiger partial charge is 4.00 e. The molecule has 0 unspecified atom stereocenters. The maximum absolute atomic E-state index is 3.25. The van der Waals surface area contributed by atoms with E-state index in [1.54, 1.807) is 6.92 Å². The minimum absolute atomic E-state index is 0. The molecule has 0 aromatic heterocycles. The Balaban J connectivity index is -0.0000000657. The zero-order valence-electron chi connectivity index (χ0n) is 15.2. The minimum Gasteiger partial charge on any atom is -1.00 e. The normalized spacial score (nSPS) is 8.38. The minimum atomic E-state index is 0. The first kappa shape index (κ1) is 33.6. The van der Waals surface area contributed by atoms with Gasteiger partial charge in [-0.15, -0.1) is 8.58 Å². The summed E-state index contributed by atoms with van der Waals surface area (Å²) in [6.07, 6.45) is 0. The van der Waals surface area contributed by atoms with E-state index >= 15 is 0 Å². The van der Waals surface area contributed by atoms with Gasteiger partial charge in [-0.2, -0.15) is 35.2 Å². The van der Waals surface area contributed by atoms with Crippen molar-refractivity contribution in [2.45, 2.75) is 73.6 Å². The molecule has 0 bridgehead atoms. The molecule has 0 aliphatic rings. The van der Waals surface area contributed by atoms with E-state index in [0.29, 0.717) is 0 Å². The quantitative estimate of drug-likeness (QED) is 0.380. The Hall–Kier alpha value is 1.07. The molecule has 0 N–H and O–H groups in total. The summed E-state index contributed by atoms with van der Waals surface area (Å²) >= 11 is 0. The van der Waals surface area contributed by atoms with Crippen molar-refractivity contribution in [3.05, 3.63) is 35.2 Å². The Kier molecular flexibility index (Phi) is 30.6. The summed E-state index contributed by atoms with van der Waals surface area (Å²) in [7, 11) is 1.15. The summed E-state index contributed by atoms with van der Waals surface area (Å²) < 4.78 is 0. The zero-order chi connectivity index (χ0) is 14.9. The van der Waals surface area contributed by atoms with Crippen molar-refractivity contribution in [2.24, 2.45) is 0 Å². The fourth-order valence-corrected chi connectivity index (χ4v) is 3.13. The summed E-state index contributed by atoms with van der Waals surface area (Å²) in [5.41, 5.74) is 7.55. The van der Waals surface area contributed by atoms with Crippen LogP contribution >= 0.6 is 8.58 Å². The predicted molar refractivity (Wildman–Crippen MR) is 90.6 cm³/mol. The summed E-state index contributed by atoms with van der Waals surface area (Å²) in [5, 5.41) is 0. The van der Waals surface area contributed by atoms with Crippen LogP contribution in [-0.4, -0.2) is 11.3 Å². The van der Waals surface area contributed by atoms with Gasteiger partial charge in [0.25, 0.3) is 0 Å². The molecule has 4 heteroatoms. The molecular formula is C17H33Cl2PTi. The third kappa shape index (κ3) is 17.3. The van der Waals surface area contributed by atoms with E-state index in [1.165, 1.54) is 22.3 Å². The Morgan fingerprint density at radius 3 is 1.05 bits per heavy atom. The first-order chi connectivity index (χ1) is 8.25. The molecule has 0 heterocycles. The van der Waals surface area contributed by atoms with Crippen molar-refractivity contribution in [3.63, 3.8) is 0 Å².